The van der Waals surface area contributed by atoms with Crippen molar-refractivity contribution in [3.63, 3.8) is 0 Å². The molecule has 0 bridgehead atoms. The summed E-state index contributed by atoms with van der Waals surface area (Å²) in [4.78, 5) is 11.3. The van der Waals surface area contributed by atoms with Gasteiger partial charge < -0.3 is 13.6 Å². The fraction of sp³-hybridized carbons (Fsp3) is 0.154. The standard InChI is InChI=1S/C13H10O4/c1-15-7-10-12-9(4-5-16-12)6-8-2-3-11(14)17-13(8)10/h2-6H,7H2,1H3. The van der Waals surface area contributed by atoms with Gasteiger partial charge in [-0.1, -0.05) is 0 Å². The molecule has 86 valence electrons. The molecule has 0 saturated heterocycles. The molecule has 1 aromatic carbocycles. The van der Waals surface area contributed by atoms with Crippen LogP contribution in [0, 0.1) is 0 Å². The third-order valence-corrected chi connectivity index (χ3v) is 2.71. The maximum absolute atomic E-state index is 11.3. The fourth-order valence-corrected chi connectivity index (χ4v) is 2.00. The van der Waals surface area contributed by atoms with Crippen molar-refractivity contribution in [2.45, 2.75) is 6.61 Å². The van der Waals surface area contributed by atoms with Gasteiger partial charge >= 0.3 is 5.63 Å². The predicted octanol–water partition coefficient (Wildman–Crippen LogP) is 2.69. The molecule has 0 aliphatic carbocycles. The summed E-state index contributed by atoms with van der Waals surface area (Å²) in [5.41, 5.74) is 1.62. The average Bonchev–Trinajstić information content (AvgIpc) is 2.77. The first-order valence-electron chi connectivity index (χ1n) is 5.21. The van der Waals surface area contributed by atoms with Gasteiger partial charge in [0.1, 0.15) is 11.2 Å². The number of methoxy groups -OCH3 is 1. The SMILES string of the molecule is COCc1c2occc2cc2ccc(=O)oc12. The van der Waals surface area contributed by atoms with Crippen LogP contribution < -0.4 is 5.63 Å². The number of fused-ring (bicyclic) bond motifs is 2. The molecule has 0 radical (unpaired) electrons. The quantitative estimate of drug-likeness (QED) is 0.635. The van der Waals surface area contributed by atoms with Crippen LogP contribution >= 0.6 is 0 Å². The van der Waals surface area contributed by atoms with Crippen LogP contribution in [0.1, 0.15) is 5.56 Å². The monoisotopic (exact) mass is 230 g/mol. The summed E-state index contributed by atoms with van der Waals surface area (Å²) in [5, 5.41) is 1.84. The lowest BCUT2D eigenvalue weighted by molar-refractivity contribution is 0.185. The summed E-state index contributed by atoms with van der Waals surface area (Å²) >= 11 is 0. The zero-order chi connectivity index (χ0) is 11.8. The van der Waals surface area contributed by atoms with Crippen molar-refractivity contribution >= 4 is 21.9 Å². The van der Waals surface area contributed by atoms with Crippen molar-refractivity contribution in [2.75, 3.05) is 7.11 Å². The molecule has 2 aromatic heterocycles. The summed E-state index contributed by atoms with van der Waals surface area (Å²) < 4.78 is 15.8. The molecule has 0 aliphatic heterocycles. The van der Waals surface area contributed by atoms with Crippen molar-refractivity contribution < 1.29 is 13.6 Å². The highest BCUT2D eigenvalue weighted by Crippen LogP contribution is 2.28. The maximum atomic E-state index is 11.3. The summed E-state index contributed by atoms with van der Waals surface area (Å²) in [7, 11) is 1.59. The second kappa shape index (κ2) is 3.75. The molecule has 0 atom stereocenters. The van der Waals surface area contributed by atoms with Gasteiger partial charge in [0.05, 0.1) is 18.4 Å². The van der Waals surface area contributed by atoms with Gasteiger partial charge in [-0.05, 0) is 18.2 Å². The number of furan rings is 1. The van der Waals surface area contributed by atoms with Crippen LogP contribution in [0.4, 0.5) is 0 Å². The third kappa shape index (κ3) is 1.54. The number of hydrogen-bond acceptors (Lipinski definition) is 4. The smallest absolute Gasteiger partial charge is 0.336 e. The van der Waals surface area contributed by atoms with E-state index >= 15 is 0 Å². The van der Waals surface area contributed by atoms with E-state index in [1.165, 1.54) is 6.07 Å². The predicted molar refractivity (Wildman–Crippen MR) is 63.0 cm³/mol. The molecule has 3 rings (SSSR count). The zero-order valence-electron chi connectivity index (χ0n) is 9.23. The number of ether oxygens (including phenoxy) is 1. The summed E-state index contributed by atoms with van der Waals surface area (Å²) in [6.45, 7) is 0.342. The largest absolute Gasteiger partial charge is 0.464 e. The van der Waals surface area contributed by atoms with Crippen molar-refractivity contribution in [2.24, 2.45) is 0 Å². The molecule has 0 unspecified atom stereocenters. The van der Waals surface area contributed by atoms with Crippen LogP contribution in [0.15, 0.2) is 44.2 Å². The minimum Gasteiger partial charge on any atom is -0.464 e. The summed E-state index contributed by atoms with van der Waals surface area (Å²) in [6, 6.07) is 6.95. The molecular weight excluding hydrogens is 220 g/mol. The molecule has 17 heavy (non-hydrogen) atoms. The first-order valence-corrected chi connectivity index (χ1v) is 5.21. The second-order valence-corrected chi connectivity index (χ2v) is 3.80. The Balaban J connectivity index is 2.49. The summed E-state index contributed by atoms with van der Waals surface area (Å²) in [6.07, 6.45) is 1.61. The lowest BCUT2D eigenvalue weighted by Crippen LogP contribution is -1.98. The second-order valence-electron chi connectivity index (χ2n) is 3.80. The molecule has 0 aliphatic rings. The Kier molecular flexibility index (Phi) is 2.23. The zero-order valence-corrected chi connectivity index (χ0v) is 9.23. The van der Waals surface area contributed by atoms with Gasteiger partial charge in [0.25, 0.3) is 0 Å². The van der Waals surface area contributed by atoms with Gasteiger partial charge in [-0.2, -0.15) is 0 Å². The van der Waals surface area contributed by atoms with Crippen LogP contribution in [0.5, 0.6) is 0 Å². The van der Waals surface area contributed by atoms with Gasteiger partial charge in [0, 0.05) is 23.9 Å². The average molecular weight is 230 g/mol. The third-order valence-electron chi connectivity index (χ3n) is 2.71. The molecule has 0 fully saturated rings. The minimum atomic E-state index is -0.374. The molecule has 2 heterocycles. The van der Waals surface area contributed by atoms with Gasteiger partial charge in [-0.3, -0.25) is 0 Å². The Labute approximate surface area is 96.4 Å². The van der Waals surface area contributed by atoms with Gasteiger partial charge in [-0.15, -0.1) is 0 Å². The van der Waals surface area contributed by atoms with Crippen molar-refractivity contribution in [1.82, 2.24) is 0 Å². The van der Waals surface area contributed by atoms with E-state index in [4.69, 9.17) is 13.6 Å². The maximum Gasteiger partial charge on any atom is 0.336 e. The number of rotatable bonds is 2. The van der Waals surface area contributed by atoms with E-state index in [0.717, 1.165) is 16.3 Å². The van der Waals surface area contributed by atoms with E-state index in [-0.39, 0.29) is 5.63 Å². The van der Waals surface area contributed by atoms with Crippen molar-refractivity contribution in [1.29, 1.82) is 0 Å². The Morgan fingerprint density at radius 3 is 2.82 bits per heavy atom. The highest BCUT2D eigenvalue weighted by atomic mass is 16.5. The Bertz CT molecular complexity index is 736. The lowest BCUT2D eigenvalue weighted by Gasteiger charge is -2.04. The molecule has 0 saturated carbocycles. The highest BCUT2D eigenvalue weighted by molar-refractivity contribution is 5.96. The van der Waals surface area contributed by atoms with E-state index in [1.807, 2.05) is 12.1 Å². The fourth-order valence-electron chi connectivity index (χ4n) is 2.00. The van der Waals surface area contributed by atoms with Crippen LogP contribution in [0.2, 0.25) is 0 Å². The van der Waals surface area contributed by atoms with Crippen LogP contribution in [0.3, 0.4) is 0 Å². The normalized spacial score (nSPS) is 11.4. The van der Waals surface area contributed by atoms with E-state index in [1.54, 1.807) is 19.4 Å². The Morgan fingerprint density at radius 1 is 1.18 bits per heavy atom. The lowest BCUT2D eigenvalue weighted by atomic mass is 10.1. The number of hydrogen-bond donors (Lipinski definition) is 0. The number of benzene rings is 1. The van der Waals surface area contributed by atoms with Crippen LogP contribution in [-0.2, 0) is 11.3 Å². The van der Waals surface area contributed by atoms with Crippen molar-refractivity contribution in [3.8, 4) is 0 Å². The molecule has 4 heteroatoms. The highest BCUT2D eigenvalue weighted by Gasteiger charge is 2.12. The minimum absolute atomic E-state index is 0.342. The first-order chi connectivity index (χ1) is 8.29. The van der Waals surface area contributed by atoms with Gasteiger partial charge in [0.2, 0.25) is 0 Å². The Hall–Kier alpha value is -2.07. The molecule has 0 spiro atoms. The van der Waals surface area contributed by atoms with Crippen molar-refractivity contribution in [3.05, 3.63) is 46.5 Å². The van der Waals surface area contributed by atoms with Gasteiger partial charge in [0.15, 0.2) is 0 Å². The van der Waals surface area contributed by atoms with Crippen LogP contribution in [0.25, 0.3) is 21.9 Å². The van der Waals surface area contributed by atoms with Crippen LogP contribution in [-0.4, -0.2) is 7.11 Å². The van der Waals surface area contributed by atoms with Gasteiger partial charge in [-0.25, -0.2) is 4.79 Å². The Morgan fingerprint density at radius 2 is 2.00 bits per heavy atom. The summed E-state index contributed by atoms with van der Waals surface area (Å²) in [5.74, 6) is 0. The molecular formula is C13H10O4. The topological polar surface area (TPSA) is 52.6 Å². The molecule has 4 nitrogen and oxygen atoms in total. The first kappa shape index (κ1) is 10.1. The van der Waals surface area contributed by atoms with E-state index in [9.17, 15) is 4.79 Å². The molecule has 0 N–H and O–H groups in total. The molecule has 0 amide bonds. The van der Waals surface area contributed by atoms with E-state index in [2.05, 4.69) is 0 Å². The van der Waals surface area contributed by atoms with E-state index in [0.29, 0.717) is 17.8 Å². The molecule has 3 aromatic rings. The van der Waals surface area contributed by atoms with E-state index < -0.39 is 0 Å².